The lowest BCUT2D eigenvalue weighted by Gasteiger charge is -2.21. The molecule has 0 radical (unpaired) electrons. The molecule has 4 heteroatoms. The number of hydrogen-bond acceptors (Lipinski definition) is 2. The van der Waals surface area contributed by atoms with Gasteiger partial charge >= 0.3 is 0 Å². The molecule has 1 aliphatic rings. The van der Waals surface area contributed by atoms with Crippen molar-refractivity contribution < 1.29 is 8.78 Å². The summed E-state index contributed by atoms with van der Waals surface area (Å²) in [6.07, 6.45) is 6.59. The van der Waals surface area contributed by atoms with Crippen molar-refractivity contribution in [2.75, 3.05) is 5.32 Å². The fourth-order valence-electron chi connectivity index (χ4n) is 1.90. The highest BCUT2D eigenvalue weighted by Gasteiger charge is 2.16. The van der Waals surface area contributed by atoms with E-state index in [2.05, 4.69) is 11.4 Å². The van der Waals surface area contributed by atoms with Gasteiger partial charge in [-0.15, -0.1) is 0 Å². The molecule has 0 aromatic heterocycles. The molecule has 1 aromatic rings. The predicted octanol–water partition coefficient (Wildman–Crippen LogP) is 3.36. The lowest BCUT2D eigenvalue weighted by Crippen LogP contribution is -2.21. The number of nitrogens with zero attached hydrogens (tertiary/aromatic N) is 1. The van der Waals surface area contributed by atoms with Gasteiger partial charge in [0.25, 0.3) is 0 Å². The zero-order chi connectivity index (χ0) is 12.3. The van der Waals surface area contributed by atoms with Crippen LogP contribution in [0.4, 0.5) is 14.5 Å². The third kappa shape index (κ3) is 2.62. The molecular weight excluding hydrogens is 222 g/mol. The number of benzene rings is 1. The van der Waals surface area contributed by atoms with E-state index in [9.17, 15) is 8.78 Å². The minimum atomic E-state index is -0.712. The van der Waals surface area contributed by atoms with Gasteiger partial charge in [-0.25, -0.2) is 8.78 Å². The number of halogens is 2. The van der Waals surface area contributed by atoms with Crippen LogP contribution in [-0.4, -0.2) is 6.04 Å². The van der Waals surface area contributed by atoms with Gasteiger partial charge in [-0.3, -0.25) is 0 Å². The van der Waals surface area contributed by atoms with Crippen LogP contribution in [0.2, 0.25) is 0 Å². The van der Waals surface area contributed by atoms with Gasteiger partial charge < -0.3 is 5.32 Å². The lowest BCUT2D eigenvalue weighted by molar-refractivity contribution is 0.571. The molecule has 0 fully saturated rings. The van der Waals surface area contributed by atoms with E-state index in [0.717, 1.165) is 31.4 Å². The number of allylic oxidation sites excluding steroid dienone is 1. The van der Waals surface area contributed by atoms with Crippen molar-refractivity contribution in [1.29, 1.82) is 5.26 Å². The minimum absolute atomic E-state index is 0.00547. The number of anilines is 1. The quantitative estimate of drug-likeness (QED) is 0.796. The first-order valence-electron chi connectivity index (χ1n) is 5.51. The first kappa shape index (κ1) is 11.6. The molecular formula is C13H12F2N2. The summed E-state index contributed by atoms with van der Waals surface area (Å²) < 4.78 is 27.2. The van der Waals surface area contributed by atoms with Crippen LogP contribution < -0.4 is 5.32 Å². The Hall–Kier alpha value is -1.89. The summed E-state index contributed by atoms with van der Waals surface area (Å²) in [7, 11) is 0. The molecule has 1 aliphatic carbocycles. The Morgan fingerprint density at radius 3 is 2.47 bits per heavy atom. The fraction of sp³-hybridized carbons (Fsp3) is 0.308. The van der Waals surface area contributed by atoms with Crippen molar-refractivity contribution in [3.05, 3.63) is 41.5 Å². The molecule has 17 heavy (non-hydrogen) atoms. The van der Waals surface area contributed by atoms with Gasteiger partial charge in [0, 0.05) is 6.04 Å². The summed E-state index contributed by atoms with van der Waals surface area (Å²) >= 11 is 0. The van der Waals surface area contributed by atoms with Crippen LogP contribution in [0, 0.1) is 23.0 Å². The van der Waals surface area contributed by atoms with Crippen LogP contribution in [0.25, 0.3) is 0 Å². The molecule has 1 N–H and O–H groups in total. The molecule has 88 valence electrons. The van der Waals surface area contributed by atoms with Crippen LogP contribution in [0.3, 0.4) is 0 Å². The Labute approximate surface area is 98.6 Å². The summed E-state index contributed by atoms with van der Waals surface area (Å²) in [4.78, 5) is 0. The Morgan fingerprint density at radius 1 is 1.24 bits per heavy atom. The van der Waals surface area contributed by atoms with E-state index < -0.39 is 11.6 Å². The number of hydrogen-bond donors (Lipinski definition) is 1. The van der Waals surface area contributed by atoms with Crippen molar-refractivity contribution in [2.24, 2.45) is 0 Å². The fourth-order valence-corrected chi connectivity index (χ4v) is 1.90. The maximum atomic E-state index is 13.6. The third-order valence-corrected chi connectivity index (χ3v) is 2.79. The molecule has 0 bridgehead atoms. The van der Waals surface area contributed by atoms with Gasteiger partial charge in [-0.05, 0) is 31.4 Å². The van der Waals surface area contributed by atoms with Crippen LogP contribution in [0.15, 0.2) is 24.3 Å². The molecule has 0 amide bonds. The summed E-state index contributed by atoms with van der Waals surface area (Å²) in [6.45, 7) is 0. The molecule has 0 spiro atoms. The van der Waals surface area contributed by atoms with Gasteiger partial charge in [0.1, 0.15) is 5.69 Å². The Bertz CT molecular complexity index is 466. The van der Waals surface area contributed by atoms with Gasteiger partial charge in [-0.1, -0.05) is 12.2 Å². The number of nitriles is 1. The van der Waals surface area contributed by atoms with Crippen molar-refractivity contribution in [1.82, 2.24) is 0 Å². The molecule has 0 aliphatic heterocycles. The molecule has 1 atom stereocenters. The topological polar surface area (TPSA) is 35.8 Å². The Morgan fingerprint density at radius 2 is 1.94 bits per heavy atom. The molecule has 0 heterocycles. The van der Waals surface area contributed by atoms with Gasteiger partial charge in [0.05, 0.1) is 11.6 Å². The van der Waals surface area contributed by atoms with Gasteiger partial charge in [0.15, 0.2) is 11.6 Å². The lowest BCUT2D eigenvalue weighted by atomic mass is 10.0. The first-order chi connectivity index (χ1) is 8.20. The van der Waals surface area contributed by atoms with Crippen molar-refractivity contribution in [3.8, 4) is 6.07 Å². The second-order valence-electron chi connectivity index (χ2n) is 4.05. The van der Waals surface area contributed by atoms with E-state index in [1.54, 1.807) is 6.07 Å². The van der Waals surface area contributed by atoms with E-state index in [1.807, 2.05) is 6.08 Å². The van der Waals surface area contributed by atoms with Crippen molar-refractivity contribution in [3.63, 3.8) is 0 Å². The molecule has 2 nitrogen and oxygen atoms in total. The molecule has 1 aromatic carbocycles. The average Bonchev–Trinajstić information content (AvgIpc) is 2.35. The molecule has 1 unspecified atom stereocenters. The SMILES string of the molecule is N#Cc1cc(F)c(NC2CC=CCC2)c(F)c1. The summed E-state index contributed by atoms with van der Waals surface area (Å²) in [5.74, 6) is -1.42. The van der Waals surface area contributed by atoms with Crippen molar-refractivity contribution in [2.45, 2.75) is 25.3 Å². The summed E-state index contributed by atoms with van der Waals surface area (Å²) in [6, 6.07) is 3.86. The summed E-state index contributed by atoms with van der Waals surface area (Å²) in [5, 5.41) is 11.4. The van der Waals surface area contributed by atoms with E-state index in [0.29, 0.717) is 0 Å². The van der Waals surface area contributed by atoms with Crippen molar-refractivity contribution >= 4 is 5.69 Å². The second-order valence-corrected chi connectivity index (χ2v) is 4.05. The van der Waals surface area contributed by atoms with Crippen LogP contribution in [0.1, 0.15) is 24.8 Å². The van der Waals surface area contributed by atoms with Crippen LogP contribution in [-0.2, 0) is 0 Å². The average molecular weight is 234 g/mol. The largest absolute Gasteiger partial charge is 0.377 e. The highest BCUT2D eigenvalue weighted by Crippen LogP contribution is 2.24. The monoisotopic (exact) mass is 234 g/mol. The number of rotatable bonds is 2. The van der Waals surface area contributed by atoms with E-state index >= 15 is 0 Å². The van der Waals surface area contributed by atoms with Crippen LogP contribution >= 0.6 is 0 Å². The maximum absolute atomic E-state index is 13.6. The van der Waals surface area contributed by atoms with Gasteiger partial charge in [0.2, 0.25) is 0 Å². The molecule has 0 saturated carbocycles. The molecule has 2 rings (SSSR count). The smallest absolute Gasteiger partial charge is 0.150 e. The predicted molar refractivity (Wildman–Crippen MR) is 61.5 cm³/mol. The van der Waals surface area contributed by atoms with Gasteiger partial charge in [-0.2, -0.15) is 5.26 Å². The maximum Gasteiger partial charge on any atom is 0.150 e. The van der Waals surface area contributed by atoms with E-state index in [4.69, 9.17) is 5.26 Å². The van der Waals surface area contributed by atoms with E-state index in [1.165, 1.54) is 0 Å². The minimum Gasteiger partial charge on any atom is -0.377 e. The zero-order valence-corrected chi connectivity index (χ0v) is 9.21. The normalized spacial score (nSPS) is 18.8. The highest BCUT2D eigenvalue weighted by atomic mass is 19.1. The standard InChI is InChI=1S/C13H12F2N2/c14-11-6-9(8-16)7-12(15)13(11)17-10-4-2-1-3-5-10/h1-2,6-7,10,17H,3-5H2. The Balaban J connectivity index is 2.21. The van der Waals surface area contributed by atoms with E-state index in [-0.39, 0.29) is 17.3 Å². The zero-order valence-electron chi connectivity index (χ0n) is 9.21. The summed E-state index contributed by atoms with van der Waals surface area (Å²) in [5.41, 5.74) is -0.140. The number of nitrogens with one attached hydrogen (secondary N) is 1. The molecule has 0 saturated heterocycles. The van der Waals surface area contributed by atoms with Crippen LogP contribution in [0.5, 0.6) is 0 Å². The second kappa shape index (κ2) is 4.96. The first-order valence-corrected chi connectivity index (χ1v) is 5.51. The Kier molecular flexibility index (Phi) is 3.38. The highest BCUT2D eigenvalue weighted by molar-refractivity contribution is 5.51. The third-order valence-electron chi connectivity index (χ3n) is 2.79.